The average molecular weight is 526 g/mol. The molecule has 1 fully saturated rings. The number of likely N-dealkylation sites (tertiary alicyclic amines) is 1. The van der Waals surface area contributed by atoms with Crippen LogP contribution in [0.15, 0.2) is 72.3 Å². The molecule has 0 bridgehead atoms. The highest BCUT2D eigenvalue weighted by molar-refractivity contribution is 6.46. The molecule has 1 aliphatic heterocycles. The third kappa shape index (κ3) is 5.41. The lowest BCUT2D eigenvalue weighted by molar-refractivity contribution is -0.140. The Balaban J connectivity index is 1.66. The number of carbonyl (C=O) groups excluding carboxylic acids is 2. The summed E-state index contributed by atoms with van der Waals surface area (Å²) in [5, 5.41) is 11.8. The summed E-state index contributed by atoms with van der Waals surface area (Å²) in [5.41, 5.74) is 3.10. The zero-order valence-corrected chi connectivity index (χ0v) is 21.3. The van der Waals surface area contributed by atoms with Crippen LogP contribution >= 0.6 is 23.2 Å². The summed E-state index contributed by atoms with van der Waals surface area (Å²) in [5.74, 6) is -1.17. The Morgan fingerprint density at radius 2 is 1.75 bits per heavy atom. The molecule has 1 atom stereocenters. The van der Waals surface area contributed by atoms with Gasteiger partial charge in [0.05, 0.1) is 28.3 Å². The van der Waals surface area contributed by atoms with Gasteiger partial charge in [-0.05, 0) is 54.4 Å². The molecule has 0 aliphatic carbocycles. The zero-order valence-electron chi connectivity index (χ0n) is 19.8. The smallest absolute Gasteiger partial charge is 0.295 e. The number of methoxy groups -OCH3 is 1. The van der Waals surface area contributed by atoms with E-state index >= 15 is 0 Å². The number of ketones is 1. The monoisotopic (exact) mass is 525 g/mol. The lowest BCUT2D eigenvalue weighted by atomic mass is 9.95. The van der Waals surface area contributed by atoms with Crippen molar-refractivity contribution in [2.75, 3.05) is 20.3 Å². The van der Waals surface area contributed by atoms with Crippen LogP contribution in [-0.4, -0.2) is 42.0 Å². The van der Waals surface area contributed by atoms with Gasteiger partial charge < -0.3 is 19.5 Å². The molecule has 1 heterocycles. The summed E-state index contributed by atoms with van der Waals surface area (Å²) < 4.78 is 11.0. The van der Waals surface area contributed by atoms with Crippen molar-refractivity contribution in [3.05, 3.63) is 105 Å². The number of aliphatic hydroxyl groups excluding tert-OH is 1. The van der Waals surface area contributed by atoms with E-state index in [0.29, 0.717) is 28.5 Å². The number of benzene rings is 3. The maximum atomic E-state index is 13.0. The molecule has 1 saturated heterocycles. The van der Waals surface area contributed by atoms with Gasteiger partial charge in [-0.1, -0.05) is 59.1 Å². The normalized spacial score (nSPS) is 17.0. The summed E-state index contributed by atoms with van der Waals surface area (Å²) in [6.07, 6.45) is 0. The molecule has 36 heavy (non-hydrogen) atoms. The molecular weight excluding hydrogens is 501 g/mol. The Bertz CT molecular complexity index is 1320. The van der Waals surface area contributed by atoms with E-state index in [1.807, 2.05) is 31.2 Å². The van der Waals surface area contributed by atoms with Crippen LogP contribution in [0.3, 0.4) is 0 Å². The molecule has 3 aromatic rings. The van der Waals surface area contributed by atoms with Crippen molar-refractivity contribution in [2.24, 2.45) is 0 Å². The Morgan fingerprint density at radius 3 is 2.42 bits per heavy atom. The first-order chi connectivity index (χ1) is 17.3. The van der Waals surface area contributed by atoms with Crippen molar-refractivity contribution in [2.45, 2.75) is 19.6 Å². The van der Waals surface area contributed by atoms with E-state index in [-0.39, 0.29) is 29.5 Å². The molecule has 8 heteroatoms. The van der Waals surface area contributed by atoms with Crippen LogP contribution in [0.2, 0.25) is 10.0 Å². The lowest BCUT2D eigenvalue weighted by Crippen LogP contribution is -2.32. The van der Waals surface area contributed by atoms with Crippen LogP contribution in [-0.2, 0) is 20.9 Å². The van der Waals surface area contributed by atoms with Gasteiger partial charge in [-0.25, -0.2) is 0 Å². The second-order valence-corrected chi connectivity index (χ2v) is 9.28. The number of ether oxygens (including phenoxy) is 2. The Hall–Kier alpha value is -3.32. The van der Waals surface area contributed by atoms with Gasteiger partial charge in [0.25, 0.3) is 11.7 Å². The second-order valence-electron chi connectivity index (χ2n) is 8.46. The second kappa shape index (κ2) is 11.2. The van der Waals surface area contributed by atoms with Gasteiger partial charge in [0.2, 0.25) is 0 Å². The van der Waals surface area contributed by atoms with E-state index in [1.165, 1.54) is 12.0 Å². The summed E-state index contributed by atoms with van der Waals surface area (Å²) in [4.78, 5) is 27.3. The van der Waals surface area contributed by atoms with Crippen molar-refractivity contribution in [1.29, 1.82) is 0 Å². The van der Waals surface area contributed by atoms with Crippen LogP contribution in [0, 0.1) is 6.92 Å². The Labute approximate surface area is 219 Å². The third-order valence-electron chi connectivity index (χ3n) is 5.95. The number of hydrogen-bond acceptors (Lipinski definition) is 5. The van der Waals surface area contributed by atoms with E-state index in [0.717, 1.165) is 11.1 Å². The minimum absolute atomic E-state index is 0.0251. The minimum Gasteiger partial charge on any atom is -0.507 e. The number of Topliss-reactive ketones (excluding diaryl/α,β-unsaturated/α-hetero) is 1. The number of amides is 1. The first-order valence-electron chi connectivity index (χ1n) is 11.3. The van der Waals surface area contributed by atoms with Crippen molar-refractivity contribution in [1.82, 2.24) is 4.90 Å². The predicted octanol–water partition coefficient (Wildman–Crippen LogP) is 5.95. The fraction of sp³-hybridized carbons (Fsp3) is 0.214. The molecule has 0 spiro atoms. The molecule has 3 aromatic carbocycles. The maximum absolute atomic E-state index is 13.0. The Kier molecular flexibility index (Phi) is 7.99. The number of rotatable bonds is 8. The van der Waals surface area contributed by atoms with E-state index in [1.54, 1.807) is 42.5 Å². The van der Waals surface area contributed by atoms with Gasteiger partial charge in [0.15, 0.2) is 0 Å². The van der Waals surface area contributed by atoms with E-state index < -0.39 is 17.7 Å². The van der Waals surface area contributed by atoms with E-state index in [9.17, 15) is 14.7 Å². The quantitative estimate of drug-likeness (QED) is 0.223. The molecule has 0 saturated carbocycles. The van der Waals surface area contributed by atoms with Gasteiger partial charge >= 0.3 is 0 Å². The van der Waals surface area contributed by atoms with Gasteiger partial charge in [-0.15, -0.1) is 0 Å². The van der Waals surface area contributed by atoms with Crippen molar-refractivity contribution >= 4 is 40.7 Å². The SMILES string of the molecule is COCCN1C(=O)C(=O)/C(=C(/O)c2ccc(OCc3cccc(C)c3)cc2)[C@H]1c1ccc(Cl)c(Cl)c1. The molecule has 1 N–H and O–H groups in total. The van der Waals surface area contributed by atoms with Gasteiger partial charge in [0, 0.05) is 19.2 Å². The van der Waals surface area contributed by atoms with E-state index in [4.69, 9.17) is 32.7 Å². The van der Waals surface area contributed by atoms with Crippen LogP contribution in [0.1, 0.15) is 28.3 Å². The highest BCUT2D eigenvalue weighted by Gasteiger charge is 2.46. The summed E-state index contributed by atoms with van der Waals surface area (Å²) in [6.45, 7) is 2.80. The molecule has 0 radical (unpaired) electrons. The number of hydrogen-bond donors (Lipinski definition) is 1. The molecule has 0 unspecified atom stereocenters. The molecule has 1 aliphatic rings. The topological polar surface area (TPSA) is 76.1 Å². The molecule has 1 amide bonds. The summed E-state index contributed by atoms with van der Waals surface area (Å²) >= 11 is 12.3. The average Bonchev–Trinajstić information content (AvgIpc) is 3.12. The van der Waals surface area contributed by atoms with Crippen LogP contribution in [0.25, 0.3) is 5.76 Å². The highest BCUT2D eigenvalue weighted by atomic mass is 35.5. The molecule has 4 rings (SSSR count). The number of aliphatic hydroxyl groups is 1. The first kappa shape index (κ1) is 25.8. The molecule has 6 nitrogen and oxygen atoms in total. The fourth-order valence-corrected chi connectivity index (χ4v) is 4.47. The maximum Gasteiger partial charge on any atom is 0.295 e. The summed E-state index contributed by atoms with van der Waals surface area (Å²) in [6, 6.07) is 18.8. The predicted molar refractivity (Wildman–Crippen MR) is 139 cm³/mol. The largest absolute Gasteiger partial charge is 0.507 e. The van der Waals surface area contributed by atoms with Crippen LogP contribution < -0.4 is 4.74 Å². The van der Waals surface area contributed by atoms with E-state index in [2.05, 4.69) is 0 Å². The molecular formula is C28H25Cl2NO5. The zero-order chi connectivity index (χ0) is 25.8. The van der Waals surface area contributed by atoms with Crippen LogP contribution in [0.4, 0.5) is 0 Å². The standard InChI is InChI=1S/C28H25Cl2NO5/c1-17-4-3-5-18(14-17)16-36-21-9-6-19(7-10-21)26(32)24-25(20-8-11-22(29)23(30)15-20)31(12-13-35-2)28(34)27(24)33/h3-11,14-15,25,32H,12-13,16H2,1-2H3/b26-24+/t25-/m1/s1. The minimum atomic E-state index is -0.841. The van der Waals surface area contributed by atoms with Crippen molar-refractivity contribution < 1.29 is 24.2 Å². The first-order valence-corrected chi connectivity index (χ1v) is 12.1. The molecule has 186 valence electrons. The Morgan fingerprint density at radius 1 is 1.00 bits per heavy atom. The number of carbonyl (C=O) groups is 2. The number of aryl methyl sites for hydroxylation is 1. The fourth-order valence-electron chi connectivity index (χ4n) is 4.16. The van der Waals surface area contributed by atoms with Gasteiger partial charge in [-0.2, -0.15) is 0 Å². The van der Waals surface area contributed by atoms with Gasteiger partial charge in [0.1, 0.15) is 18.1 Å². The number of halogens is 2. The van der Waals surface area contributed by atoms with Crippen molar-refractivity contribution in [3.63, 3.8) is 0 Å². The summed E-state index contributed by atoms with van der Waals surface area (Å²) in [7, 11) is 1.51. The van der Waals surface area contributed by atoms with Crippen LogP contribution in [0.5, 0.6) is 5.75 Å². The lowest BCUT2D eigenvalue weighted by Gasteiger charge is -2.25. The van der Waals surface area contributed by atoms with Gasteiger partial charge in [-0.3, -0.25) is 9.59 Å². The number of nitrogens with zero attached hydrogens (tertiary/aromatic N) is 1. The third-order valence-corrected chi connectivity index (χ3v) is 6.69. The highest BCUT2D eigenvalue weighted by Crippen LogP contribution is 2.41. The van der Waals surface area contributed by atoms with Crippen molar-refractivity contribution in [3.8, 4) is 5.75 Å². The molecule has 0 aromatic heterocycles.